The summed E-state index contributed by atoms with van der Waals surface area (Å²) >= 11 is 1.97. The summed E-state index contributed by atoms with van der Waals surface area (Å²) in [5.74, 6) is 1.24. The molecule has 1 heterocycles. The Morgan fingerprint density at radius 1 is 1.64 bits per heavy atom. The van der Waals surface area contributed by atoms with Crippen LogP contribution in [0.1, 0.15) is 32.6 Å². The Hall–Kier alpha value is -0.220. The molecule has 0 spiro atoms. The zero-order chi connectivity index (χ0) is 10.4. The van der Waals surface area contributed by atoms with Gasteiger partial charge < -0.3 is 11.1 Å². The lowest BCUT2D eigenvalue weighted by Crippen LogP contribution is -2.42. The first-order valence-electron chi connectivity index (χ1n) is 5.39. The van der Waals surface area contributed by atoms with E-state index in [-0.39, 0.29) is 11.9 Å². The van der Waals surface area contributed by atoms with Gasteiger partial charge in [-0.1, -0.05) is 13.3 Å². The molecule has 0 aromatic carbocycles. The van der Waals surface area contributed by atoms with Gasteiger partial charge in [-0.25, -0.2) is 0 Å². The number of nitrogens with one attached hydrogen (secondary N) is 1. The van der Waals surface area contributed by atoms with Crippen molar-refractivity contribution in [3.8, 4) is 0 Å². The van der Waals surface area contributed by atoms with Crippen LogP contribution in [0.4, 0.5) is 0 Å². The quantitative estimate of drug-likeness (QED) is 0.740. The number of rotatable bonds is 4. The van der Waals surface area contributed by atoms with E-state index in [1.807, 2.05) is 18.7 Å². The third-order valence-corrected chi connectivity index (χ3v) is 3.95. The molecule has 3 nitrogen and oxygen atoms in total. The molecule has 4 heteroatoms. The van der Waals surface area contributed by atoms with E-state index in [0.29, 0.717) is 11.7 Å². The van der Waals surface area contributed by atoms with Crippen LogP contribution in [0.25, 0.3) is 0 Å². The van der Waals surface area contributed by atoms with Gasteiger partial charge in [-0.15, -0.1) is 0 Å². The fourth-order valence-corrected chi connectivity index (χ4v) is 2.74. The van der Waals surface area contributed by atoms with Crippen molar-refractivity contribution in [1.82, 2.24) is 5.32 Å². The van der Waals surface area contributed by atoms with Crippen LogP contribution < -0.4 is 11.1 Å². The van der Waals surface area contributed by atoms with Crippen molar-refractivity contribution in [1.29, 1.82) is 0 Å². The third kappa shape index (κ3) is 3.88. The first-order valence-corrected chi connectivity index (χ1v) is 6.43. The van der Waals surface area contributed by atoms with Gasteiger partial charge in [-0.3, -0.25) is 4.79 Å². The van der Waals surface area contributed by atoms with Crippen LogP contribution in [0.15, 0.2) is 0 Å². The van der Waals surface area contributed by atoms with E-state index in [9.17, 15) is 4.79 Å². The zero-order valence-electron chi connectivity index (χ0n) is 8.79. The van der Waals surface area contributed by atoms with E-state index in [1.54, 1.807) is 0 Å². The average Bonchev–Trinajstić information content (AvgIpc) is 2.26. The van der Waals surface area contributed by atoms with Crippen molar-refractivity contribution in [2.24, 2.45) is 5.73 Å². The summed E-state index contributed by atoms with van der Waals surface area (Å²) in [5.41, 5.74) is 5.61. The van der Waals surface area contributed by atoms with Crippen LogP contribution >= 0.6 is 11.8 Å². The second-order valence-electron chi connectivity index (χ2n) is 3.75. The highest BCUT2D eigenvalue weighted by atomic mass is 32.2. The second-order valence-corrected chi connectivity index (χ2v) is 5.16. The molecule has 0 aliphatic carbocycles. The molecule has 1 amide bonds. The van der Waals surface area contributed by atoms with Gasteiger partial charge in [0, 0.05) is 11.8 Å². The molecule has 0 bridgehead atoms. The lowest BCUT2D eigenvalue weighted by atomic mass is 10.2. The standard InChI is InChI=1S/C10H20N2OS/c1-2-9(11)10(13)12-7-8-5-3-4-6-14-8/h8-9H,2-7,11H2,1H3,(H,12,13)/t8?,9-/m0/s1. The van der Waals surface area contributed by atoms with E-state index >= 15 is 0 Å². The molecule has 1 unspecified atom stereocenters. The van der Waals surface area contributed by atoms with E-state index in [1.165, 1.54) is 25.0 Å². The van der Waals surface area contributed by atoms with Crippen LogP contribution in [-0.2, 0) is 4.79 Å². The molecule has 0 saturated carbocycles. The highest BCUT2D eigenvalue weighted by Gasteiger charge is 2.16. The first kappa shape index (κ1) is 11.9. The molecule has 0 aromatic heterocycles. The van der Waals surface area contributed by atoms with Crippen molar-refractivity contribution < 1.29 is 4.79 Å². The summed E-state index contributed by atoms with van der Waals surface area (Å²) in [7, 11) is 0. The Balaban J connectivity index is 2.15. The van der Waals surface area contributed by atoms with Crippen LogP contribution in [-0.4, -0.2) is 29.5 Å². The number of hydrogen-bond donors (Lipinski definition) is 2. The van der Waals surface area contributed by atoms with E-state index in [4.69, 9.17) is 5.73 Å². The van der Waals surface area contributed by atoms with Crippen LogP contribution in [0.3, 0.4) is 0 Å². The molecule has 2 atom stereocenters. The summed E-state index contributed by atoms with van der Waals surface area (Å²) in [6, 6.07) is -0.330. The smallest absolute Gasteiger partial charge is 0.236 e. The molecule has 1 saturated heterocycles. The first-order chi connectivity index (χ1) is 6.74. The Morgan fingerprint density at radius 2 is 2.43 bits per heavy atom. The van der Waals surface area contributed by atoms with Crippen LogP contribution in [0.5, 0.6) is 0 Å². The van der Waals surface area contributed by atoms with Gasteiger partial charge in [-0.05, 0) is 25.0 Å². The maximum absolute atomic E-state index is 11.4. The largest absolute Gasteiger partial charge is 0.354 e. The minimum atomic E-state index is -0.330. The summed E-state index contributed by atoms with van der Waals surface area (Å²) in [6.07, 6.45) is 4.56. The van der Waals surface area contributed by atoms with Crippen LogP contribution in [0, 0.1) is 0 Å². The van der Waals surface area contributed by atoms with Crippen molar-refractivity contribution in [2.75, 3.05) is 12.3 Å². The number of thioether (sulfide) groups is 1. The Bertz CT molecular complexity index is 181. The van der Waals surface area contributed by atoms with Crippen molar-refractivity contribution >= 4 is 17.7 Å². The molecule has 0 radical (unpaired) electrons. The summed E-state index contributed by atoms with van der Waals surface area (Å²) in [6.45, 7) is 2.72. The second kappa shape index (κ2) is 6.30. The fourth-order valence-electron chi connectivity index (χ4n) is 1.50. The van der Waals surface area contributed by atoms with E-state index in [2.05, 4.69) is 5.32 Å². The number of nitrogens with two attached hydrogens (primary N) is 1. The minimum absolute atomic E-state index is 0.00123. The minimum Gasteiger partial charge on any atom is -0.354 e. The molecule has 0 aromatic rings. The summed E-state index contributed by atoms with van der Waals surface area (Å²) in [4.78, 5) is 11.4. The molecular weight excluding hydrogens is 196 g/mol. The number of amides is 1. The van der Waals surface area contributed by atoms with Gasteiger partial charge in [0.05, 0.1) is 6.04 Å². The van der Waals surface area contributed by atoms with Gasteiger partial charge in [-0.2, -0.15) is 11.8 Å². The maximum Gasteiger partial charge on any atom is 0.236 e. The van der Waals surface area contributed by atoms with Gasteiger partial charge >= 0.3 is 0 Å². The molecule has 1 aliphatic rings. The lowest BCUT2D eigenvalue weighted by molar-refractivity contribution is -0.122. The van der Waals surface area contributed by atoms with Crippen LogP contribution in [0.2, 0.25) is 0 Å². The van der Waals surface area contributed by atoms with Crippen molar-refractivity contribution in [3.05, 3.63) is 0 Å². The number of carbonyl (C=O) groups excluding carboxylic acids is 1. The molecule has 82 valence electrons. The lowest BCUT2D eigenvalue weighted by Gasteiger charge is -2.22. The van der Waals surface area contributed by atoms with E-state index in [0.717, 1.165) is 6.54 Å². The Kier molecular flexibility index (Phi) is 5.33. The number of hydrogen-bond acceptors (Lipinski definition) is 3. The summed E-state index contributed by atoms with van der Waals surface area (Å²) < 4.78 is 0. The number of carbonyl (C=O) groups is 1. The molecule has 14 heavy (non-hydrogen) atoms. The molecule has 1 aliphatic heterocycles. The van der Waals surface area contributed by atoms with Gasteiger partial charge in [0.25, 0.3) is 0 Å². The van der Waals surface area contributed by atoms with Crippen molar-refractivity contribution in [2.45, 2.75) is 43.9 Å². The van der Waals surface area contributed by atoms with E-state index < -0.39 is 0 Å². The highest BCUT2D eigenvalue weighted by Crippen LogP contribution is 2.24. The molecule has 3 N–H and O–H groups in total. The normalized spacial score (nSPS) is 24.3. The maximum atomic E-state index is 11.4. The predicted octanol–water partition coefficient (Wildman–Crippen LogP) is 1.13. The highest BCUT2D eigenvalue weighted by molar-refractivity contribution is 7.99. The van der Waals surface area contributed by atoms with Gasteiger partial charge in [0.15, 0.2) is 0 Å². The zero-order valence-corrected chi connectivity index (χ0v) is 9.61. The molecular formula is C10H20N2OS. The Morgan fingerprint density at radius 3 is 3.00 bits per heavy atom. The summed E-state index contributed by atoms with van der Waals surface area (Å²) in [5, 5.41) is 3.53. The third-order valence-electron chi connectivity index (χ3n) is 2.55. The van der Waals surface area contributed by atoms with Gasteiger partial charge in [0.2, 0.25) is 5.91 Å². The molecule has 1 rings (SSSR count). The molecule has 1 fully saturated rings. The van der Waals surface area contributed by atoms with Gasteiger partial charge in [0.1, 0.15) is 0 Å². The Labute approximate surface area is 90.2 Å². The monoisotopic (exact) mass is 216 g/mol. The van der Waals surface area contributed by atoms with Crippen molar-refractivity contribution in [3.63, 3.8) is 0 Å². The predicted molar refractivity (Wildman–Crippen MR) is 61.4 cm³/mol. The average molecular weight is 216 g/mol. The SMILES string of the molecule is CC[C@H](N)C(=O)NCC1CCCCS1. The fraction of sp³-hybridized carbons (Fsp3) is 0.900. The topological polar surface area (TPSA) is 55.1 Å².